The zero-order valence-corrected chi connectivity index (χ0v) is 18.3. The van der Waals surface area contributed by atoms with Crippen LogP contribution in [0.1, 0.15) is 37.2 Å². The Labute approximate surface area is 190 Å². The number of benzene rings is 3. The van der Waals surface area contributed by atoms with Gasteiger partial charge in [0, 0.05) is 17.8 Å². The lowest BCUT2D eigenvalue weighted by molar-refractivity contribution is -0.128. The highest BCUT2D eigenvalue weighted by Gasteiger charge is 2.32. The van der Waals surface area contributed by atoms with E-state index in [1.54, 1.807) is 48.2 Å². The summed E-state index contributed by atoms with van der Waals surface area (Å²) in [6.07, 6.45) is 0. The van der Waals surface area contributed by atoms with Crippen LogP contribution >= 0.6 is 11.8 Å². The molecule has 1 aliphatic rings. The number of rotatable bonds is 6. The molecule has 0 radical (unpaired) electrons. The summed E-state index contributed by atoms with van der Waals surface area (Å²) in [4.78, 5) is 38.7. The number of thioether (sulfide) groups is 1. The minimum absolute atomic E-state index is 0.0865. The molecular formula is C25H22N2O4S. The lowest BCUT2D eigenvalue weighted by Crippen LogP contribution is -2.27. The van der Waals surface area contributed by atoms with E-state index >= 15 is 0 Å². The second-order valence-corrected chi connectivity index (χ2v) is 8.39. The van der Waals surface area contributed by atoms with E-state index in [0.29, 0.717) is 29.1 Å². The summed E-state index contributed by atoms with van der Waals surface area (Å²) in [6, 6.07) is 23.8. The normalized spacial score (nSPS) is 15.5. The molecule has 1 atom stereocenters. The highest BCUT2D eigenvalue weighted by Crippen LogP contribution is 2.39. The van der Waals surface area contributed by atoms with Crippen molar-refractivity contribution in [3.8, 4) is 0 Å². The molecule has 1 heterocycles. The molecule has 1 unspecified atom stereocenters. The third kappa shape index (κ3) is 4.84. The van der Waals surface area contributed by atoms with Crippen molar-refractivity contribution in [1.29, 1.82) is 0 Å². The van der Waals surface area contributed by atoms with Gasteiger partial charge < -0.3 is 15.0 Å². The molecular weight excluding hydrogens is 424 g/mol. The van der Waals surface area contributed by atoms with E-state index in [-0.39, 0.29) is 17.2 Å². The van der Waals surface area contributed by atoms with Gasteiger partial charge in [0.15, 0.2) is 0 Å². The molecule has 3 aromatic carbocycles. The fourth-order valence-corrected chi connectivity index (χ4v) is 4.71. The Morgan fingerprint density at radius 3 is 2.47 bits per heavy atom. The van der Waals surface area contributed by atoms with Gasteiger partial charge >= 0.3 is 5.97 Å². The number of nitrogens with one attached hydrogen (secondary N) is 1. The first kappa shape index (κ1) is 21.6. The molecule has 0 spiro atoms. The number of methoxy groups -OCH3 is 1. The van der Waals surface area contributed by atoms with Gasteiger partial charge in [0.25, 0.3) is 5.91 Å². The zero-order chi connectivity index (χ0) is 22.5. The summed E-state index contributed by atoms with van der Waals surface area (Å²) >= 11 is 1.59. The average molecular weight is 447 g/mol. The molecule has 3 aromatic rings. The number of esters is 1. The van der Waals surface area contributed by atoms with E-state index in [1.807, 2.05) is 47.4 Å². The van der Waals surface area contributed by atoms with E-state index in [1.165, 1.54) is 7.11 Å². The number of amides is 2. The highest BCUT2D eigenvalue weighted by atomic mass is 32.2. The van der Waals surface area contributed by atoms with Crippen LogP contribution in [0, 0.1) is 0 Å². The van der Waals surface area contributed by atoms with Crippen LogP contribution in [0.25, 0.3) is 0 Å². The summed E-state index contributed by atoms with van der Waals surface area (Å²) in [7, 11) is 1.31. The van der Waals surface area contributed by atoms with Crippen LogP contribution < -0.4 is 5.32 Å². The maximum absolute atomic E-state index is 12.7. The minimum atomic E-state index is -0.464. The fraction of sp³-hybridized carbons (Fsp3) is 0.160. The number of nitrogens with zero attached hydrogens (tertiary/aromatic N) is 1. The van der Waals surface area contributed by atoms with Gasteiger partial charge in [0.2, 0.25) is 5.91 Å². The molecule has 32 heavy (non-hydrogen) atoms. The standard InChI is InChI=1S/C25H22N2O4S/c1-31-25(30)20-8-5-9-21(14-20)26-23(29)18-10-12-19(13-11-18)24-27(22(28)16-32-24)15-17-6-3-2-4-7-17/h2-14,24H,15-16H2,1H3,(H,26,29). The van der Waals surface area contributed by atoms with Crippen molar-refractivity contribution >= 4 is 35.2 Å². The summed E-state index contributed by atoms with van der Waals surface area (Å²) < 4.78 is 4.71. The lowest BCUT2D eigenvalue weighted by atomic mass is 10.1. The van der Waals surface area contributed by atoms with Gasteiger partial charge in [0.05, 0.1) is 18.4 Å². The Balaban J connectivity index is 1.46. The van der Waals surface area contributed by atoms with Gasteiger partial charge in [0.1, 0.15) is 5.37 Å². The third-order valence-corrected chi connectivity index (χ3v) is 6.42. The molecule has 162 valence electrons. The molecule has 0 aliphatic carbocycles. The molecule has 0 aromatic heterocycles. The Morgan fingerprint density at radius 2 is 1.75 bits per heavy atom. The molecule has 1 N–H and O–H groups in total. The number of carbonyl (C=O) groups is 3. The van der Waals surface area contributed by atoms with Crippen molar-refractivity contribution in [2.45, 2.75) is 11.9 Å². The summed E-state index contributed by atoms with van der Waals surface area (Å²) in [5.41, 5.74) is 3.41. The van der Waals surface area contributed by atoms with Gasteiger partial charge in [-0.1, -0.05) is 48.5 Å². The van der Waals surface area contributed by atoms with Gasteiger partial charge in [-0.15, -0.1) is 11.8 Å². The topological polar surface area (TPSA) is 75.7 Å². The molecule has 4 rings (SSSR count). The molecule has 0 bridgehead atoms. The van der Waals surface area contributed by atoms with Crippen LogP contribution in [0.5, 0.6) is 0 Å². The number of hydrogen-bond acceptors (Lipinski definition) is 5. The highest BCUT2D eigenvalue weighted by molar-refractivity contribution is 8.00. The predicted molar refractivity (Wildman–Crippen MR) is 124 cm³/mol. The Bertz CT molecular complexity index is 1130. The summed E-state index contributed by atoms with van der Waals surface area (Å²) in [5.74, 6) is -0.198. The average Bonchev–Trinajstić information content (AvgIpc) is 3.19. The van der Waals surface area contributed by atoms with Gasteiger partial charge in [-0.2, -0.15) is 0 Å². The number of ether oxygens (including phenoxy) is 1. The van der Waals surface area contributed by atoms with Crippen molar-refractivity contribution in [2.75, 3.05) is 18.2 Å². The second-order valence-electron chi connectivity index (χ2n) is 7.32. The van der Waals surface area contributed by atoms with Crippen LogP contribution in [0.15, 0.2) is 78.9 Å². The molecule has 2 amide bonds. The molecule has 0 saturated carbocycles. The first-order valence-electron chi connectivity index (χ1n) is 10.1. The van der Waals surface area contributed by atoms with E-state index in [2.05, 4.69) is 5.32 Å². The van der Waals surface area contributed by atoms with Crippen LogP contribution in [-0.2, 0) is 16.1 Å². The van der Waals surface area contributed by atoms with Crippen molar-refractivity contribution in [3.05, 3.63) is 101 Å². The van der Waals surface area contributed by atoms with Crippen molar-refractivity contribution in [2.24, 2.45) is 0 Å². The predicted octanol–water partition coefficient (Wildman–Crippen LogP) is 4.50. The monoisotopic (exact) mass is 446 g/mol. The summed E-state index contributed by atoms with van der Waals surface area (Å²) in [6.45, 7) is 0.552. The third-order valence-electron chi connectivity index (χ3n) is 5.16. The maximum atomic E-state index is 12.7. The summed E-state index contributed by atoms with van der Waals surface area (Å²) in [5, 5.41) is 2.71. The Hall–Kier alpha value is -3.58. The van der Waals surface area contributed by atoms with Crippen molar-refractivity contribution < 1.29 is 19.1 Å². The van der Waals surface area contributed by atoms with Gasteiger partial charge in [-0.3, -0.25) is 9.59 Å². The number of carbonyl (C=O) groups excluding carboxylic acids is 3. The first-order valence-corrected chi connectivity index (χ1v) is 11.1. The largest absolute Gasteiger partial charge is 0.465 e. The van der Waals surface area contributed by atoms with E-state index in [9.17, 15) is 14.4 Å². The molecule has 1 saturated heterocycles. The number of anilines is 1. The zero-order valence-electron chi connectivity index (χ0n) is 17.5. The maximum Gasteiger partial charge on any atom is 0.337 e. The lowest BCUT2D eigenvalue weighted by Gasteiger charge is -2.24. The van der Waals surface area contributed by atoms with Crippen LogP contribution in [0.3, 0.4) is 0 Å². The van der Waals surface area contributed by atoms with Crippen LogP contribution in [0.2, 0.25) is 0 Å². The van der Waals surface area contributed by atoms with E-state index < -0.39 is 5.97 Å². The van der Waals surface area contributed by atoms with Gasteiger partial charge in [-0.05, 0) is 41.5 Å². The van der Waals surface area contributed by atoms with Gasteiger partial charge in [-0.25, -0.2) is 4.79 Å². The van der Waals surface area contributed by atoms with Crippen LogP contribution in [-0.4, -0.2) is 35.5 Å². The first-order chi connectivity index (χ1) is 15.5. The van der Waals surface area contributed by atoms with Crippen LogP contribution in [0.4, 0.5) is 5.69 Å². The van der Waals surface area contributed by atoms with E-state index in [4.69, 9.17) is 4.74 Å². The quantitative estimate of drug-likeness (QED) is 0.565. The SMILES string of the molecule is COC(=O)c1cccc(NC(=O)c2ccc(C3SCC(=O)N3Cc3ccccc3)cc2)c1. The molecule has 7 heteroatoms. The fourth-order valence-electron chi connectivity index (χ4n) is 3.53. The van der Waals surface area contributed by atoms with Crippen molar-refractivity contribution in [3.63, 3.8) is 0 Å². The molecule has 1 fully saturated rings. The molecule has 1 aliphatic heterocycles. The second kappa shape index (κ2) is 9.70. The Kier molecular flexibility index (Phi) is 6.56. The Morgan fingerprint density at radius 1 is 1.00 bits per heavy atom. The van der Waals surface area contributed by atoms with Crippen molar-refractivity contribution in [1.82, 2.24) is 4.90 Å². The molecule has 6 nitrogen and oxygen atoms in total. The number of hydrogen-bond donors (Lipinski definition) is 1. The smallest absolute Gasteiger partial charge is 0.337 e. The minimum Gasteiger partial charge on any atom is -0.465 e. The van der Waals surface area contributed by atoms with E-state index in [0.717, 1.165) is 11.1 Å².